The smallest absolute Gasteiger partial charge is 0.323 e. The van der Waals surface area contributed by atoms with E-state index in [4.69, 9.17) is 0 Å². The first-order valence-corrected chi connectivity index (χ1v) is 14.1. The van der Waals surface area contributed by atoms with Gasteiger partial charge in [0, 0.05) is 44.3 Å². The van der Waals surface area contributed by atoms with Gasteiger partial charge in [0.2, 0.25) is 10.0 Å². The fraction of sp³-hybridized carbons (Fsp3) is 0.400. The minimum atomic E-state index is -4.22. The highest BCUT2D eigenvalue weighted by atomic mass is 32.2. The van der Waals surface area contributed by atoms with E-state index in [0.717, 1.165) is 62.6 Å². The van der Waals surface area contributed by atoms with Gasteiger partial charge in [-0.3, -0.25) is 14.6 Å². The van der Waals surface area contributed by atoms with E-state index >= 15 is 0 Å². The standard InChI is InChI=1S/C25H32N6O7S/c32-18-3-5-19(6-4-18)39(37,38)30-20(24(35)36)15-28-23(34)16-2-7-21(22(33)14-16)31-12-8-17(9-13-31)29-25-26-10-1-11-27-25/h2-7,14,17,20,30,32-33H,1,8-13,15H2,(H,28,34)(H,35,36)(H2,26,27,29)/t20-/m0/s1. The Morgan fingerprint density at radius 1 is 1.10 bits per heavy atom. The summed E-state index contributed by atoms with van der Waals surface area (Å²) < 4.78 is 27.0. The summed E-state index contributed by atoms with van der Waals surface area (Å²) in [5.74, 6) is -1.56. The van der Waals surface area contributed by atoms with E-state index in [1.54, 1.807) is 6.07 Å². The SMILES string of the molecule is O=C(NC[C@H](NS(=O)(=O)c1ccc(O)cc1)C(=O)O)c1ccc(N2CCC(NC3=NCCCN3)CC2)c(O)c1. The Kier molecular flexibility index (Phi) is 8.76. The number of rotatable bonds is 9. The fourth-order valence-electron chi connectivity index (χ4n) is 4.38. The maximum atomic E-state index is 12.7. The van der Waals surface area contributed by atoms with Crippen LogP contribution in [0.3, 0.4) is 0 Å². The first kappa shape index (κ1) is 28.0. The number of carboxylic acids is 1. The molecule has 13 nitrogen and oxygen atoms in total. The fourth-order valence-corrected chi connectivity index (χ4v) is 5.57. The topological polar surface area (TPSA) is 193 Å². The van der Waals surface area contributed by atoms with E-state index in [-0.39, 0.29) is 28.0 Å². The third-order valence-electron chi connectivity index (χ3n) is 6.52. The molecule has 1 saturated heterocycles. The van der Waals surface area contributed by atoms with Gasteiger partial charge in [0.1, 0.15) is 17.5 Å². The number of nitrogens with zero attached hydrogens (tertiary/aromatic N) is 2. The molecule has 0 bridgehead atoms. The number of guanidine groups is 1. The summed E-state index contributed by atoms with van der Waals surface area (Å²) >= 11 is 0. The van der Waals surface area contributed by atoms with Crippen LogP contribution in [0, 0.1) is 0 Å². The molecule has 0 spiro atoms. The zero-order valence-electron chi connectivity index (χ0n) is 21.1. The van der Waals surface area contributed by atoms with Crippen molar-refractivity contribution in [1.82, 2.24) is 20.7 Å². The van der Waals surface area contributed by atoms with Crippen LogP contribution in [-0.4, -0.2) is 86.4 Å². The van der Waals surface area contributed by atoms with Crippen molar-refractivity contribution in [3.05, 3.63) is 48.0 Å². The van der Waals surface area contributed by atoms with Crippen LogP contribution in [0.1, 0.15) is 29.6 Å². The predicted molar refractivity (Wildman–Crippen MR) is 144 cm³/mol. The molecule has 1 amide bonds. The second-order valence-electron chi connectivity index (χ2n) is 9.34. The van der Waals surface area contributed by atoms with Gasteiger partial charge in [0.25, 0.3) is 5.91 Å². The molecule has 2 aliphatic heterocycles. The van der Waals surface area contributed by atoms with E-state index in [2.05, 4.69) is 20.9 Å². The lowest BCUT2D eigenvalue weighted by atomic mass is 10.0. The van der Waals surface area contributed by atoms with E-state index in [0.29, 0.717) is 18.8 Å². The number of anilines is 1. The molecule has 7 N–H and O–H groups in total. The Balaban J connectivity index is 1.32. The van der Waals surface area contributed by atoms with Crippen LogP contribution in [0.25, 0.3) is 0 Å². The molecule has 39 heavy (non-hydrogen) atoms. The molecule has 2 aromatic carbocycles. The van der Waals surface area contributed by atoms with Crippen LogP contribution in [-0.2, 0) is 14.8 Å². The van der Waals surface area contributed by atoms with Crippen LogP contribution in [0.2, 0.25) is 0 Å². The van der Waals surface area contributed by atoms with Crippen molar-refractivity contribution in [2.24, 2.45) is 4.99 Å². The number of carboxylic acid groups (broad SMARTS) is 1. The maximum Gasteiger partial charge on any atom is 0.323 e. The third kappa shape index (κ3) is 7.29. The van der Waals surface area contributed by atoms with Crippen molar-refractivity contribution in [1.29, 1.82) is 0 Å². The van der Waals surface area contributed by atoms with Crippen LogP contribution >= 0.6 is 0 Å². The number of nitrogens with one attached hydrogen (secondary N) is 4. The van der Waals surface area contributed by atoms with Crippen molar-refractivity contribution < 1.29 is 33.3 Å². The quantitative estimate of drug-likeness (QED) is 0.222. The summed E-state index contributed by atoms with van der Waals surface area (Å²) in [7, 11) is -4.22. The molecule has 0 saturated carbocycles. The van der Waals surface area contributed by atoms with Gasteiger partial charge >= 0.3 is 5.97 Å². The minimum Gasteiger partial charge on any atom is -0.508 e. The zero-order valence-corrected chi connectivity index (χ0v) is 21.9. The van der Waals surface area contributed by atoms with Crippen molar-refractivity contribution in [2.75, 3.05) is 37.6 Å². The lowest BCUT2D eigenvalue weighted by molar-refractivity contribution is -0.138. The molecule has 2 heterocycles. The number of amides is 1. The van der Waals surface area contributed by atoms with Gasteiger partial charge in [-0.1, -0.05) is 0 Å². The molecule has 1 fully saturated rings. The van der Waals surface area contributed by atoms with E-state index in [1.807, 2.05) is 9.62 Å². The Labute approximate surface area is 226 Å². The lowest BCUT2D eigenvalue weighted by Gasteiger charge is -2.35. The number of hydrogen-bond donors (Lipinski definition) is 7. The predicted octanol–water partition coefficient (Wildman–Crippen LogP) is 0.167. The van der Waals surface area contributed by atoms with Crippen molar-refractivity contribution >= 4 is 33.5 Å². The number of benzene rings is 2. The minimum absolute atomic E-state index is 0.0878. The number of phenolic OH excluding ortho intramolecular Hbond substituents is 2. The van der Waals surface area contributed by atoms with Crippen LogP contribution in [0.15, 0.2) is 52.4 Å². The van der Waals surface area contributed by atoms with Crippen molar-refractivity contribution in [2.45, 2.75) is 36.2 Å². The molecule has 14 heteroatoms. The maximum absolute atomic E-state index is 12.7. The number of hydrogen-bond acceptors (Lipinski definition) is 10. The van der Waals surface area contributed by atoms with Gasteiger partial charge in [0.05, 0.1) is 10.6 Å². The zero-order chi connectivity index (χ0) is 28.0. The van der Waals surface area contributed by atoms with Gasteiger partial charge in [-0.15, -0.1) is 0 Å². The average molecular weight is 561 g/mol. The number of phenols is 2. The molecule has 4 rings (SSSR count). The number of piperidine rings is 1. The number of aromatic hydroxyl groups is 2. The molecular formula is C25H32N6O7S. The van der Waals surface area contributed by atoms with Crippen LogP contribution < -0.4 is 25.6 Å². The summed E-state index contributed by atoms with van der Waals surface area (Å²) in [5.41, 5.74) is 0.683. The van der Waals surface area contributed by atoms with Gasteiger partial charge in [0.15, 0.2) is 5.96 Å². The number of carbonyl (C=O) groups excluding carboxylic acids is 1. The van der Waals surface area contributed by atoms with Gasteiger partial charge < -0.3 is 36.2 Å². The summed E-state index contributed by atoms with van der Waals surface area (Å²) in [5, 5.41) is 38.5. The van der Waals surface area contributed by atoms with Crippen LogP contribution in [0.5, 0.6) is 11.5 Å². The first-order valence-electron chi connectivity index (χ1n) is 12.6. The summed E-state index contributed by atoms with van der Waals surface area (Å²) in [6.07, 6.45) is 2.72. The lowest BCUT2D eigenvalue weighted by Crippen LogP contribution is -2.50. The number of carbonyl (C=O) groups is 2. The monoisotopic (exact) mass is 560 g/mol. The van der Waals surface area contributed by atoms with E-state index in [1.165, 1.54) is 12.1 Å². The van der Waals surface area contributed by atoms with Crippen molar-refractivity contribution in [3.63, 3.8) is 0 Å². The van der Waals surface area contributed by atoms with E-state index in [9.17, 15) is 33.3 Å². The molecule has 1 atom stereocenters. The largest absolute Gasteiger partial charge is 0.508 e. The Morgan fingerprint density at radius 2 is 1.82 bits per heavy atom. The molecule has 2 aromatic rings. The molecule has 0 unspecified atom stereocenters. The number of sulfonamides is 1. The second-order valence-corrected chi connectivity index (χ2v) is 11.0. The van der Waals surface area contributed by atoms with Gasteiger partial charge in [-0.05, 0) is 61.7 Å². The third-order valence-corrected chi connectivity index (χ3v) is 8.01. The molecular weight excluding hydrogens is 528 g/mol. The number of aliphatic imine (C=N–C) groups is 1. The Hall–Kier alpha value is -4.04. The Morgan fingerprint density at radius 3 is 2.44 bits per heavy atom. The van der Waals surface area contributed by atoms with Crippen molar-refractivity contribution in [3.8, 4) is 11.5 Å². The summed E-state index contributed by atoms with van der Waals surface area (Å²) in [6, 6.07) is 7.64. The van der Waals surface area contributed by atoms with Crippen LogP contribution in [0.4, 0.5) is 5.69 Å². The molecule has 0 aromatic heterocycles. The summed E-state index contributed by atoms with van der Waals surface area (Å²) in [4.78, 5) is 30.5. The highest BCUT2D eigenvalue weighted by Crippen LogP contribution is 2.30. The number of aliphatic carboxylic acids is 1. The summed E-state index contributed by atoms with van der Waals surface area (Å²) in [6.45, 7) is 2.59. The van der Waals surface area contributed by atoms with E-state index < -0.39 is 34.5 Å². The second kappa shape index (κ2) is 12.2. The Bertz CT molecular complexity index is 1320. The molecule has 0 radical (unpaired) electrons. The molecule has 210 valence electrons. The van der Waals surface area contributed by atoms with Gasteiger partial charge in [-0.25, -0.2) is 8.42 Å². The normalized spacial score (nSPS) is 17.0. The molecule has 2 aliphatic rings. The highest BCUT2D eigenvalue weighted by molar-refractivity contribution is 7.89. The van der Waals surface area contributed by atoms with Gasteiger partial charge in [-0.2, -0.15) is 4.72 Å². The average Bonchev–Trinajstić information content (AvgIpc) is 2.92. The highest BCUT2D eigenvalue weighted by Gasteiger charge is 2.27. The molecule has 0 aliphatic carbocycles. The first-order chi connectivity index (χ1) is 18.6.